The first-order valence-electron chi connectivity index (χ1n) is 17.5. The molecule has 6 rings (SSSR count). The largest absolute Gasteiger partial charge is 0.332 e. The molecule has 0 amide bonds. The fraction of sp³-hybridized carbons (Fsp3) is 0.718. The van der Waals surface area contributed by atoms with Crippen molar-refractivity contribution in [1.29, 1.82) is 5.41 Å². The first-order valence-corrected chi connectivity index (χ1v) is 17.5. The summed E-state index contributed by atoms with van der Waals surface area (Å²) in [5, 5.41) is 9.33. The molecule has 0 radical (unpaired) electrons. The van der Waals surface area contributed by atoms with Gasteiger partial charge in [-0.15, -0.1) is 0 Å². The molecule has 4 heteroatoms. The lowest BCUT2D eigenvalue weighted by atomic mass is 9.35. The van der Waals surface area contributed by atoms with E-state index in [1.54, 1.807) is 0 Å². The van der Waals surface area contributed by atoms with Crippen molar-refractivity contribution in [3.63, 3.8) is 0 Å². The Hall–Kier alpha value is -2.23. The molecule has 0 bridgehead atoms. The van der Waals surface area contributed by atoms with Crippen LogP contribution in [0.3, 0.4) is 0 Å². The molecule has 0 spiro atoms. The van der Waals surface area contributed by atoms with E-state index in [1.807, 2.05) is 31.1 Å². The van der Waals surface area contributed by atoms with Crippen LogP contribution in [0, 0.1) is 57.7 Å². The topological polar surface area (TPSA) is 57.1 Å². The van der Waals surface area contributed by atoms with Crippen molar-refractivity contribution in [1.82, 2.24) is 9.88 Å². The van der Waals surface area contributed by atoms with Gasteiger partial charge in [0.1, 0.15) is 5.84 Å². The van der Waals surface area contributed by atoms with Crippen LogP contribution in [0.2, 0.25) is 0 Å². The normalized spacial score (nSPS) is 38.7. The maximum atomic E-state index is 13.9. The third-order valence-corrected chi connectivity index (χ3v) is 14.4. The molecule has 4 saturated carbocycles. The monoisotopic (exact) mass is 583 g/mol. The standard InChI is InChI=1S/C39H57N3O/c1-9-39-18-11-10-17-37(39,7)32-15-13-28-29(36(32,6)20-21-39)16-19-38(22-31(43)34(25(2)3)35(28)38)23-33(40)42(8)27(5)30-14-12-26(4)24-41-30/h12,14,24-25,28-29,32,40H,5,9-11,13,15-23H2,1-4,6-8H3. The third-order valence-electron chi connectivity index (χ3n) is 14.4. The molecule has 5 aliphatic carbocycles. The molecule has 1 aromatic rings. The molecular weight excluding hydrogens is 526 g/mol. The first kappa shape index (κ1) is 30.8. The van der Waals surface area contributed by atoms with Gasteiger partial charge in [-0.2, -0.15) is 0 Å². The number of aryl methyl sites for hydroxylation is 1. The van der Waals surface area contributed by atoms with Gasteiger partial charge in [-0.05, 0) is 122 Å². The summed E-state index contributed by atoms with van der Waals surface area (Å²) in [6, 6.07) is 4.05. The molecule has 1 aromatic heterocycles. The molecule has 4 nitrogen and oxygen atoms in total. The lowest BCUT2D eigenvalue weighted by molar-refractivity contribution is -0.194. The number of allylic oxidation sites excluding steroid dienone is 2. The summed E-state index contributed by atoms with van der Waals surface area (Å²) >= 11 is 0. The maximum Gasteiger partial charge on any atom is 0.160 e. The highest BCUT2D eigenvalue weighted by Crippen LogP contribution is 2.74. The number of hydrogen-bond acceptors (Lipinski definition) is 3. The number of fused-ring (bicyclic) bond motifs is 7. The summed E-state index contributed by atoms with van der Waals surface area (Å²) in [7, 11) is 1.96. The Balaban J connectivity index is 1.33. The summed E-state index contributed by atoms with van der Waals surface area (Å²) in [5.74, 6) is 3.09. The van der Waals surface area contributed by atoms with Crippen LogP contribution in [0.25, 0.3) is 5.70 Å². The molecule has 234 valence electrons. The third kappa shape index (κ3) is 4.46. The van der Waals surface area contributed by atoms with Crippen LogP contribution in [0.1, 0.15) is 129 Å². The molecule has 1 heterocycles. The van der Waals surface area contributed by atoms with Crippen LogP contribution >= 0.6 is 0 Å². The van der Waals surface area contributed by atoms with Gasteiger partial charge in [0.05, 0.1) is 11.4 Å². The van der Waals surface area contributed by atoms with E-state index in [-0.39, 0.29) is 11.3 Å². The lowest BCUT2D eigenvalue weighted by Gasteiger charge is -2.69. The van der Waals surface area contributed by atoms with Gasteiger partial charge in [-0.1, -0.05) is 65.7 Å². The van der Waals surface area contributed by atoms with Crippen molar-refractivity contribution < 1.29 is 4.79 Å². The van der Waals surface area contributed by atoms with Crippen molar-refractivity contribution in [2.75, 3.05) is 7.05 Å². The summed E-state index contributed by atoms with van der Waals surface area (Å²) in [5.41, 5.74) is 6.40. The molecule has 5 aliphatic rings. The van der Waals surface area contributed by atoms with E-state index in [0.717, 1.165) is 34.9 Å². The number of amidine groups is 1. The fourth-order valence-electron chi connectivity index (χ4n) is 12.1. The average molecular weight is 584 g/mol. The van der Waals surface area contributed by atoms with Crippen LogP contribution in [-0.4, -0.2) is 28.6 Å². The number of rotatable bonds is 6. The second kappa shape index (κ2) is 10.7. The predicted molar refractivity (Wildman–Crippen MR) is 178 cm³/mol. The van der Waals surface area contributed by atoms with Gasteiger partial charge in [0.25, 0.3) is 0 Å². The van der Waals surface area contributed by atoms with Crippen molar-refractivity contribution in [3.8, 4) is 0 Å². The Morgan fingerprint density at radius 3 is 2.51 bits per heavy atom. The van der Waals surface area contributed by atoms with Crippen LogP contribution in [0.15, 0.2) is 36.1 Å². The molecule has 0 saturated heterocycles. The molecular formula is C39H57N3O. The summed E-state index contributed by atoms with van der Waals surface area (Å²) < 4.78 is 0. The molecule has 0 aliphatic heterocycles. The zero-order valence-corrected chi connectivity index (χ0v) is 28.2. The van der Waals surface area contributed by atoms with Gasteiger partial charge in [-0.3, -0.25) is 15.2 Å². The Labute approximate surface area is 261 Å². The maximum absolute atomic E-state index is 13.9. The fourth-order valence-corrected chi connectivity index (χ4v) is 12.1. The highest BCUT2D eigenvalue weighted by Gasteiger charge is 2.66. The minimum absolute atomic E-state index is 0.218. The number of ketones is 1. The Bertz CT molecular complexity index is 1340. The first-order chi connectivity index (χ1) is 20.3. The molecule has 1 N–H and O–H groups in total. The number of Topliss-reactive ketones (excluding diaryl/α,β-unsaturated/α-hetero) is 1. The van der Waals surface area contributed by atoms with Crippen LogP contribution < -0.4 is 0 Å². The van der Waals surface area contributed by atoms with E-state index < -0.39 is 0 Å². The van der Waals surface area contributed by atoms with Crippen molar-refractivity contribution in [2.45, 2.75) is 125 Å². The van der Waals surface area contributed by atoms with E-state index in [1.165, 1.54) is 69.8 Å². The van der Waals surface area contributed by atoms with E-state index in [4.69, 9.17) is 0 Å². The number of pyridine rings is 1. The molecule has 7 atom stereocenters. The van der Waals surface area contributed by atoms with E-state index in [0.29, 0.717) is 52.5 Å². The van der Waals surface area contributed by atoms with Crippen molar-refractivity contribution in [2.24, 2.45) is 45.3 Å². The SMILES string of the molecule is C=C(c1ccc(C)cn1)N(C)C(=N)CC12CCC3C(CCC4C3(C)CCC3(CC)CCCCC43C)C1=C(C(C)C)C(=O)C2. The predicted octanol–water partition coefficient (Wildman–Crippen LogP) is 9.78. The van der Waals surface area contributed by atoms with Crippen LogP contribution in [0.4, 0.5) is 0 Å². The van der Waals surface area contributed by atoms with E-state index >= 15 is 0 Å². The summed E-state index contributed by atoms with van der Waals surface area (Å²) in [6.07, 6.45) is 17.6. The Kier molecular flexibility index (Phi) is 7.65. The highest BCUT2D eigenvalue weighted by molar-refractivity contribution is 6.01. The van der Waals surface area contributed by atoms with Crippen molar-refractivity contribution >= 4 is 17.3 Å². The number of nitrogens with zero attached hydrogens (tertiary/aromatic N) is 2. The number of carbonyl (C=O) groups excluding carboxylic acids is 1. The lowest BCUT2D eigenvalue weighted by Crippen LogP contribution is -2.61. The average Bonchev–Trinajstić information content (AvgIpc) is 3.28. The minimum Gasteiger partial charge on any atom is -0.332 e. The number of aromatic nitrogens is 1. The van der Waals surface area contributed by atoms with Gasteiger partial charge in [0.15, 0.2) is 5.78 Å². The second-order valence-corrected chi connectivity index (χ2v) is 16.4. The number of nitrogens with one attached hydrogen (secondary N) is 1. The molecule has 4 fully saturated rings. The van der Waals surface area contributed by atoms with Gasteiger partial charge >= 0.3 is 0 Å². The summed E-state index contributed by atoms with van der Waals surface area (Å²) in [6.45, 7) is 18.7. The van der Waals surface area contributed by atoms with Gasteiger partial charge in [0.2, 0.25) is 0 Å². The number of hydrogen-bond donors (Lipinski definition) is 1. The van der Waals surface area contributed by atoms with Crippen LogP contribution in [0.5, 0.6) is 0 Å². The smallest absolute Gasteiger partial charge is 0.160 e. The van der Waals surface area contributed by atoms with E-state index in [2.05, 4.69) is 52.2 Å². The minimum atomic E-state index is -0.218. The Morgan fingerprint density at radius 2 is 1.84 bits per heavy atom. The highest BCUT2D eigenvalue weighted by atomic mass is 16.1. The molecule has 43 heavy (non-hydrogen) atoms. The molecule has 7 unspecified atom stereocenters. The van der Waals surface area contributed by atoms with Gasteiger partial charge < -0.3 is 4.90 Å². The molecule has 0 aromatic carbocycles. The summed E-state index contributed by atoms with van der Waals surface area (Å²) in [4.78, 5) is 20.4. The van der Waals surface area contributed by atoms with Crippen molar-refractivity contribution in [3.05, 3.63) is 47.3 Å². The van der Waals surface area contributed by atoms with Gasteiger partial charge in [-0.25, -0.2) is 0 Å². The quantitative estimate of drug-likeness (QED) is 0.268. The van der Waals surface area contributed by atoms with Crippen LogP contribution in [-0.2, 0) is 4.79 Å². The Morgan fingerprint density at radius 1 is 1.09 bits per heavy atom. The zero-order chi connectivity index (χ0) is 30.9. The van der Waals surface area contributed by atoms with E-state index in [9.17, 15) is 10.2 Å². The van der Waals surface area contributed by atoms with Gasteiger partial charge in [0, 0.05) is 31.5 Å². The zero-order valence-electron chi connectivity index (χ0n) is 28.2. The second-order valence-electron chi connectivity index (χ2n) is 16.4. The number of carbonyl (C=O) groups is 1.